The molecule has 0 unspecified atom stereocenters. The lowest BCUT2D eigenvalue weighted by molar-refractivity contribution is 0.0617. The Bertz CT molecular complexity index is 830. The van der Waals surface area contributed by atoms with Crippen LogP contribution in [0.4, 0.5) is 0 Å². The van der Waals surface area contributed by atoms with E-state index in [0.29, 0.717) is 54.9 Å². The minimum atomic E-state index is -0.0392. The third-order valence-corrected chi connectivity index (χ3v) is 5.05. The van der Waals surface area contributed by atoms with Gasteiger partial charge in [0.25, 0.3) is 5.91 Å². The van der Waals surface area contributed by atoms with Crippen LogP contribution in [0.3, 0.4) is 0 Å². The topological polar surface area (TPSA) is 68.0 Å². The number of aryl methyl sites for hydroxylation is 1. The number of hydrogen-bond acceptors (Lipinski definition) is 6. The second-order valence-corrected chi connectivity index (χ2v) is 7.25. The Labute approximate surface area is 162 Å². The molecule has 0 radical (unpaired) electrons. The Morgan fingerprint density at radius 3 is 2.67 bits per heavy atom. The fourth-order valence-electron chi connectivity index (χ4n) is 3.36. The van der Waals surface area contributed by atoms with E-state index < -0.39 is 0 Å². The minimum Gasteiger partial charge on any atom is -0.489 e. The van der Waals surface area contributed by atoms with E-state index in [1.807, 2.05) is 17.9 Å². The molecule has 0 saturated carbocycles. The van der Waals surface area contributed by atoms with Gasteiger partial charge in [-0.3, -0.25) is 9.69 Å². The predicted octanol–water partition coefficient (Wildman–Crippen LogP) is 2.76. The van der Waals surface area contributed by atoms with Crippen LogP contribution in [-0.4, -0.2) is 60.3 Å². The van der Waals surface area contributed by atoms with Crippen molar-refractivity contribution < 1.29 is 18.8 Å². The van der Waals surface area contributed by atoms with Crippen LogP contribution >= 0.6 is 11.6 Å². The SMILES string of the molecule is Cc1cc(CN2CCN(C(=O)c3cc(Cl)c4c(c3)OCCCO4)CC2)on1. The molecule has 8 heteroatoms. The molecule has 0 atom stereocenters. The van der Waals surface area contributed by atoms with E-state index in [-0.39, 0.29) is 5.91 Å². The van der Waals surface area contributed by atoms with Crippen LogP contribution in [0, 0.1) is 6.92 Å². The summed E-state index contributed by atoms with van der Waals surface area (Å²) in [6, 6.07) is 5.34. The molecule has 27 heavy (non-hydrogen) atoms. The molecule has 144 valence electrons. The molecule has 0 N–H and O–H groups in total. The van der Waals surface area contributed by atoms with E-state index >= 15 is 0 Å². The molecule has 0 aliphatic carbocycles. The molecule has 4 rings (SSSR count). The summed E-state index contributed by atoms with van der Waals surface area (Å²) in [7, 11) is 0. The summed E-state index contributed by atoms with van der Waals surface area (Å²) in [6.45, 7) is 6.60. The molecule has 7 nitrogen and oxygen atoms in total. The molecule has 1 saturated heterocycles. The number of carbonyl (C=O) groups is 1. The molecule has 2 aliphatic heterocycles. The number of hydrogen-bond donors (Lipinski definition) is 0. The maximum Gasteiger partial charge on any atom is 0.254 e. The van der Waals surface area contributed by atoms with Crippen molar-refractivity contribution in [2.75, 3.05) is 39.4 Å². The van der Waals surface area contributed by atoms with Crippen LogP contribution in [0.1, 0.15) is 28.2 Å². The first kappa shape index (κ1) is 18.1. The van der Waals surface area contributed by atoms with Crippen molar-refractivity contribution in [3.05, 3.63) is 40.2 Å². The van der Waals surface area contributed by atoms with Gasteiger partial charge < -0.3 is 18.9 Å². The fourth-order valence-corrected chi connectivity index (χ4v) is 3.62. The number of piperazine rings is 1. The fraction of sp³-hybridized carbons (Fsp3) is 0.474. The molecule has 1 fully saturated rings. The number of carbonyl (C=O) groups excluding carboxylic acids is 1. The summed E-state index contributed by atoms with van der Waals surface area (Å²) in [5.74, 6) is 1.88. The quantitative estimate of drug-likeness (QED) is 0.801. The van der Waals surface area contributed by atoms with Gasteiger partial charge >= 0.3 is 0 Å². The zero-order valence-corrected chi connectivity index (χ0v) is 16.0. The molecule has 0 bridgehead atoms. The molecule has 1 amide bonds. The van der Waals surface area contributed by atoms with Gasteiger partial charge in [0.15, 0.2) is 17.3 Å². The Balaban J connectivity index is 1.40. The van der Waals surface area contributed by atoms with Crippen molar-refractivity contribution >= 4 is 17.5 Å². The lowest BCUT2D eigenvalue weighted by Gasteiger charge is -2.34. The predicted molar refractivity (Wildman–Crippen MR) is 99.5 cm³/mol. The summed E-state index contributed by atoms with van der Waals surface area (Å²) in [5.41, 5.74) is 1.41. The van der Waals surface area contributed by atoms with E-state index in [2.05, 4.69) is 10.1 Å². The summed E-state index contributed by atoms with van der Waals surface area (Å²) in [4.78, 5) is 17.0. The first-order valence-electron chi connectivity index (χ1n) is 9.13. The summed E-state index contributed by atoms with van der Waals surface area (Å²) < 4.78 is 16.6. The van der Waals surface area contributed by atoms with Crippen LogP contribution in [0.2, 0.25) is 5.02 Å². The highest BCUT2D eigenvalue weighted by molar-refractivity contribution is 6.32. The molecule has 1 aromatic heterocycles. The Morgan fingerprint density at radius 1 is 1.15 bits per heavy atom. The largest absolute Gasteiger partial charge is 0.489 e. The van der Waals surface area contributed by atoms with E-state index in [1.165, 1.54) is 0 Å². The number of amides is 1. The molecule has 0 spiro atoms. The average molecular weight is 392 g/mol. The van der Waals surface area contributed by atoms with Crippen molar-refractivity contribution in [1.29, 1.82) is 0 Å². The van der Waals surface area contributed by atoms with Gasteiger partial charge in [0.2, 0.25) is 0 Å². The Morgan fingerprint density at radius 2 is 1.93 bits per heavy atom. The highest BCUT2D eigenvalue weighted by atomic mass is 35.5. The zero-order valence-electron chi connectivity index (χ0n) is 15.2. The normalized spacial score (nSPS) is 17.6. The number of aromatic nitrogens is 1. The van der Waals surface area contributed by atoms with Crippen molar-refractivity contribution in [3.8, 4) is 11.5 Å². The first-order chi connectivity index (χ1) is 13.1. The molecule has 2 aliphatic rings. The number of nitrogens with zero attached hydrogens (tertiary/aromatic N) is 3. The van der Waals surface area contributed by atoms with Gasteiger partial charge in [0, 0.05) is 44.2 Å². The van der Waals surface area contributed by atoms with Crippen LogP contribution in [-0.2, 0) is 6.54 Å². The van der Waals surface area contributed by atoms with E-state index in [9.17, 15) is 4.79 Å². The Kier molecular flexibility index (Phi) is 5.22. The number of benzene rings is 1. The van der Waals surface area contributed by atoms with Crippen molar-refractivity contribution in [2.45, 2.75) is 19.9 Å². The average Bonchev–Trinajstić information content (AvgIpc) is 2.92. The zero-order chi connectivity index (χ0) is 18.8. The highest BCUT2D eigenvalue weighted by Gasteiger charge is 2.25. The van der Waals surface area contributed by atoms with Gasteiger partial charge in [-0.15, -0.1) is 0 Å². The number of rotatable bonds is 3. The molecular weight excluding hydrogens is 370 g/mol. The Hall–Kier alpha value is -2.25. The second kappa shape index (κ2) is 7.78. The van der Waals surface area contributed by atoms with Crippen LogP contribution in [0.15, 0.2) is 22.7 Å². The van der Waals surface area contributed by atoms with Crippen LogP contribution in [0.5, 0.6) is 11.5 Å². The first-order valence-corrected chi connectivity index (χ1v) is 9.51. The number of halogens is 1. The smallest absolute Gasteiger partial charge is 0.254 e. The summed E-state index contributed by atoms with van der Waals surface area (Å²) >= 11 is 6.32. The standard InChI is InChI=1S/C19H22ClN3O4/c1-13-9-15(27-21-13)12-22-3-5-23(6-4-22)19(24)14-10-16(20)18-17(11-14)25-7-2-8-26-18/h9-11H,2-8,12H2,1H3. The van der Waals surface area contributed by atoms with Crippen molar-refractivity contribution in [2.24, 2.45) is 0 Å². The van der Waals surface area contributed by atoms with Gasteiger partial charge in [-0.1, -0.05) is 16.8 Å². The van der Waals surface area contributed by atoms with Gasteiger partial charge in [0.05, 0.1) is 30.5 Å². The van der Waals surface area contributed by atoms with Gasteiger partial charge in [-0.05, 0) is 19.1 Å². The van der Waals surface area contributed by atoms with Crippen molar-refractivity contribution in [3.63, 3.8) is 0 Å². The molecular formula is C19H22ClN3O4. The molecule has 3 heterocycles. The minimum absolute atomic E-state index is 0.0392. The summed E-state index contributed by atoms with van der Waals surface area (Å²) in [6.07, 6.45) is 0.793. The number of fused-ring (bicyclic) bond motifs is 1. The lowest BCUT2D eigenvalue weighted by atomic mass is 10.1. The van der Waals surface area contributed by atoms with Gasteiger partial charge in [0.1, 0.15) is 0 Å². The second-order valence-electron chi connectivity index (χ2n) is 6.84. The van der Waals surface area contributed by atoms with Crippen molar-refractivity contribution in [1.82, 2.24) is 15.0 Å². The van der Waals surface area contributed by atoms with E-state index in [4.69, 9.17) is 25.6 Å². The maximum absolute atomic E-state index is 12.9. The monoisotopic (exact) mass is 391 g/mol. The lowest BCUT2D eigenvalue weighted by Crippen LogP contribution is -2.48. The third-order valence-electron chi connectivity index (χ3n) is 4.76. The summed E-state index contributed by atoms with van der Waals surface area (Å²) in [5, 5.41) is 4.33. The highest BCUT2D eigenvalue weighted by Crippen LogP contribution is 2.38. The number of ether oxygens (including phenoxy) is 2. The van der Waals surface area contributed by atoms with Gasteiger partial charge in [-0.2, -0.15) is 0 Å². The van der Waals surface area contributed by atoms with E-state index in [1.54, 1.807) is 12.1 Å². The van der Waals surface area contributed by atoms with Crippen LogP contribution < -0.4 is 9.47 Å². The van der Waals surface area contributed by atoms with E-state index in [0.717, 1.165) is 31.0 Å². The molecule has 1 aromatic carbocycles. The third kappa shape index (κ3) is 4.04. The van der Waals surface area contributed by atoms with Crippen LogP contribution in [0.25, 0.3) is 0 Å². The van der Waals surface area contributed by atoms with Gasteiger partial charge in [-0.25, -0.2) is 0 Å². The maximum atomic E-state index is 12.9. The molecule has 2 aromatic rings.